The van der Waals surface area contributed by atoms with Crippen LogP contribution < -0.4 is 5.56 Å². The molecular weight excluding hydrogens is 421 g/mol. The second kappa shape index (κ2) is 7.58. The molecule has 164 valence electrons. The number of benzene rings is 1. The fourth-order valence-electron chi connectivity index (χ4n) is 4.77. The Bertz CT molecular complexity index is 1240. The minimum atomic E-state index is -4.48. The average Bonchev–Trinajstić information content (AvgIpc) is 2.79. The Morgan fingerprint density at radius 1 is 1.06 bits per heavy atom. The van der Waals surface area contributed by atoms with Crippen LogP contribution in [-0.4, -0.2) is 38.4 Å². The number of aromatic nitrogens is 3. The lowest BCUT2D eigenvalue weighted by Crippen LogP contribution is -2.49. The number of amides is 1. The summed E-state index contributed by atoms with van der Waals surface area (Å²) in [6.07, 6.45) is 0.796. The van der Waals surface area contributed by atoms with Gasteiger partial charge in [0.15, 0.2) is 0 Å². The van der Waals surface area contributed by atoms with E-state index in [-0.39, 0.29) is 40.1 Å². The maximum Gasteiger partial charge on any atom is 0.416 e. The fraction of sp³-hybridized carbons (Fsp3) is 0.304. The van der Waals surface area contributed by atoms with E-state index in [0.29, 0.717) is 19.6 Å². The van der Waals surface area contributed by atoms with Crippen LogP contribution in [0.4, 0.5) is 13.2 Å². The average molecular weight is 440 g/mol. The molecule has 4 heterocycles. The van der Waals surface area contributed by atoms with Gasteiger partial charge in [-0.15, -0.1) is 0 Å². The third-order valence-electron chi connectivity index (χ3n) is 6.17. The highest BCUT2D eigenvalue weighted by Crippen LogP contribution is 2.37. The molecule has 0 N–H and O–H groups in total. The molecule has 3 aromatic rings. The molecule has 1 amide bonds. The van der Waals surface area contributed by atoms with Gasteiger partial charge in [0.2, 0.25) is 0 Å². The number of piperidine rings is 1. The zero-order chi connectivity index (χ0) is 22.5. The second-order valence-electron chi connectivity index (χ2n) is 8.27. The lowest BCUT2D eigenvalue weighted by atomic mass is 9.82. The van der Waals surface area contributed by atoms with Gasteiger partial charge in [0, 0.05) is 49.2 Å². The van der Waals surface area contributed by atoms with Crippen LogP contribution in [0.2, 0.25) is 0 Å². The first-order chi connectivity index (χ1) is 15.3. The van der Waals surface area contributed by atoms with Gasteiger partial charge in [-0.2, -0.15) is 13.2 Å². The van der Waals surface area contributed by atoms with E-state index in [1.54, 1.807) is 21.6 Å². The van der Waals surface area contributed by atoms with Gasteiger partial charge >= 0.3 is 6.18 Å². The van der Waals surface area contributed by atoms with Crippen molar-refractivity contribution in [2.75, 3.05) is 13.1 Å². The van der Waals surface area contributed by atoms with Crippen molar-refractivity contribution < 1.29 is 18.0 Å². The van der Waals surface area contributed by atoms with Gasteiger partial charge in [-0.1, -0.05) is 12.1 Å². The molecule has 1 fully saturated rings. The summed E-state index contributed by atoms with van der Waals surface area (Å²) in [7, 11) is 0. The number of likely N-dealkylation sites (tertiary alicyclic amines) is 1. The maximum atomic E-state index is 13.2. The molecule has 2 aliphatic heterocycles. The van der Waals surface area contributed by atoms with Gasteiger partial charge in [-0.25, -0.2) is 4.98 Å². The minimum absolute atomic E-state index is 0.0219. The van der Waals surface area contributed by atoms with Crippen molar-refractivity contribution in [3.63, 3.8) is 0 Å². The van der Waals surface area contributed by atoms with Crippen LogP contribution in [0.15, 0.2) is 59.8 Å². The predicted molar refractivity (Wildman–Crippen MR) is 110 cm³/mol. The van der Waals surface area contributed by atoms with E-state index in [9.17, 15) is 22.8 Å². The molecule has 0 aliphatic carbocycles. The Kier molecular flexibility index (Phi) is 4.83. The molecule has 1 aromatic carbocycles. The standard InChI is InChI=1S/C23H19F3N4O2/c24-23(25,26)17-3-1-2-15(9-17)18-4-5-20-16-8-14(12-30(20)21(18)31)11-29(13-16)22(32)19-10-27-6-7-28-19/h1-7,9-10,14,16H,8,11-13H2. The highest BCUT2D eigenvalue weighted by Gasteiger charge is 2.37. The van der Waals surface area contributed by atoms with Crippen LogP contribution in [0, 0.1) is 5.92 Å². The molecule has 2 unspecified atom stereocenters. The number of rotatable bonds is 2. The molecule has 9 heteroatoms. The number of halogens is 3. The Morgan fingerprint density at radius 2 is 1.91 bits per heavy atom. The Hall–Kier alpha value is -3.49. The fourth-order valence-corrected chi connectivity index (χ4v) is 4.77. The van der Waals surface area contributed by atoms with E-state index in [1.807, 2.05) is 0 Å². The van der Waals surface area contributed by atoms with Crippen molar-refractivity contribution in [3.05, 3.63) is 82.3 Å². The highest BCUT2D eigenvalue weighted by atomic mass is 19.4. The predicted octanol–water partition coefficient (Wildman–Crippen LogP) is 3.58. The Morgan fingerprint density at radius 3 is 2.66 bits per heavy atom. The zero-order valence-electron chi connectivity index (χ0n) is 16.9. The number of nitrogens with zero attached hydrogens (tertiary/aromatic N) is 4. The van der Waals surface area contributed by atoms with Crippen LogP contribution in [0.1, 0.15) is 34.1 Å². The first-order valence-corrected chi connectivity index (χ1v) is 10.3. The molecule has 2 atom stereocenters. The molecule has 2 aromatic heterocycles. The Balaban J connectivity index is 1.47. The van der Waals surface area contributed by atoms with Gasteiger partial charge in [0.25, 0.3) is 11.5 Å². The zero-order valence-corrected chi connectivity index (χ0v) is 16.9. The summed E-state index contributed by atoms with van der Waals surface area (Å²) in [5.74, 6) is -0.133. The molecule has 6 nitrogen and oxygen atoms in total. The SMILES string of the molecule is O=C(c1cnccn1)N1CC2CC(C1)c1ccc(-c3cccc(C(F)(F)F)c3)c(=O)n1C2. The van der Waals surface area contributed by atoms with Crippen molar-refractivity contribution >= 4 is 5.91 Å². The molecule has 32 heavy (non-hydrogen) atoms. The van der Waals surface area contributed by atoms with E-state index < -0.39 is 11.7 Å². The summed E-state index contributed by atoms with van der Waals surface area (Å²) >= 11 is 0. The lowest BCUT2D eigenvalue weighted by molar-refractivity contribution is -0.137. The van der Waals surface area contributed by atoms with Gasteiger partial charge in [0.05, 0.1) is 11.8 Å². The molecule has 5 rings (SSSR count). The van der Waals surface area contributed by atoms with Crippen molar-refractivity contribution in [1.29, 1.82) is 0 Å². The maximum absolute atomic E-state index is 13.2. The van der Waals surface area contributed by atoms with Crippen LogP contribution in [0.3, 0.4) is 0 Å². The van der Waals surface area contributed by atoms with Crippen LogP contribution >= 0.6 is 0 Å². The van der Waals surface area contributed by atoms with Crippen molar-refractivity contribution in [2.45, 2.75) is 25.1 Å². The number of carbonyl (C=O) groups excluding carboxylic acids is 1. The summed E-state index contributed by atoms with van der Waals surface area (Å²) in [5, 5.41) is 0. The third kappa shape index (κ3) is 3.57. The molecule has 1 saturated heterocycles. The molecule has 0 spiro atoms. The molecule has 0 radical (unpaired) electrons. The van der Waals surface area contributed by atoms with Crippen LogP contribution in [0.25, 0.3) is 11.1 Å². The lowest BCUT2D eigenvalue weighted by Gasteiger charge is -2.42. The number of hydrogen-bond donors (Lipinski definition) is 0. The number of carbonyl (C=O) groups is 1. The summed E-state index contributed by atoms with van der Waals surface area (Å²) in [6, 6.07) is 8.22. The molecular formula is C23H19F3N4O2. The topological polar surface area (TPSA) is 68.1 Å². The first kappa shape index (κ1) is 20.4. The number of pyridine rings is 1. The monoisotopic (exact) mass is 440 g/mol. The van der Waals surface area contributed by atoms with Crippen molar-refractivity contribution in [1.82, 2.24) is 19.4 Å². The van der Waals surface area contributed by atoms with Crippen LogP contribution in [-0.2, 0) is 12.7 Å². The second-order valence-corrected chi connectivity index (χ2v) is 8.27. The smallest absolute Gasteiger partial charge is 0.336 e. The summed E-state index contributed by atoms with van der Waals surface area (Å²) in [6.45, 7) is 1.36. The molecule has 0 saturated carbocycles. The summed E-state index contributed by atoms with van der Waals surface area (Å²) in [4.78, 5) is 35.8. The molecule has 2 aliphatic rings. The highest BCUT2D eigenvalue weighted by molar-refractivity contribution is 5.92. The first-order valence-electron chi connectivity index (χ1n) is 10.3. The van der Waals surface area contributed by atoms with E-state index in [1.165, 1.54) is 30.7 Å². The normalized spacial score (nSPS) is 20.0. The van der Waals surface area contributed by atoms with Gasteiger partial charge < -0.3 is 9.47 Å². The number of alkyl halides is 3. The Labute approximate surface area is 181 Å². The quantitative estimate of drug-likeness (QED) is 0.611. The van der Waals surface area contributed by atoms with E-state index in [2.05, 4.69) is 9.97 Å². The van der Waals surface area contributed by atoms with Gasteiger partial charge in [0.1, 0.15) is 5.69 Å². The van der Waals surface area contributed by atoms with Crippen LogP contribution in [0.5, 0.6) is 0 Å². The number of hydrogen-bond acceptors (Lipinski definition) is 4. The minimum Gasteiger partial charge on any atom is -0.336 e. The van der Waals surface area contributed by atoms with Gasteiger partial charge in [-0.3, -0.25) is 14.6 Å². The summed E-state index contributed by atoms with van der Waals surface area (Å²) in [5.41, 5.74) is 0.489. The largest absolute Gasteiger partial charge is 0.416 e. The third-order valence-corrected chi connectivity index (χ3v) is 6.17. The molecule has 2 bridgehead atoms. The van der Waals surface area contributed by atoms with Gasteiger partial charge in [-0.05, 0) is 42.2 Å². The van der Waals surface area contributed by atoms with Crippen molar-refractivity contribution in [3.8, 4) is 11.1 Å². The van der Waals surface area contributed by atoms with E-state index >= 15 is 0 Å². The summed E-state index contributed by atoms with van der Waals surface area (Å²) < 4.78 is 41.0. The van der Waals surface area contributed by atoms with Crippen molar-refractivity contribution in [2.24, 2.45) is 5.92 Å². The van der Waals surface area contributed by atoms with E-state index in [4.69, 9.17) is 0 Å². The number of fused-ring (bicyclic) bond motifs is 4. The van der Waals surface area contributed by atoms with E-state index in [0.717, 1.165) is 24.2 Å².